The van der Waals surface area contributed by atoms with Crippen LogP contribution in [0.25, 0.3) is 11.3 Å². The van der Waals surface area contributed by atoms with Crippen molar-refractivity contribution in [2.75, 3.05) is 13.7 Å². The van der Waals surface area contributed by atoms with E-state index in [9.17, 15) is 5.11 Å². The van der Waals surface area contributed by atoms with Crippen molar-refractivity contribution >= 4 is 0 Å². The highest BCUT2D eigenvalue weighted by molar-refractivity contribution is 5.57. The van der Waals surface area contributed by atoms with Crippen molar-refractivity contribution in [3.8, 4) is 11.3 Å². The van der Waals surface area contributed by atoms with E-state index in [1.165, 1.54) is 0 Å². The van der Waals surface area contributed by atoms with Gasteiger partial charge in [0.05, 0.1) is 26.0 Å². The van der Waals surface area contributed by atoms with Crippen LogP contribution in [0.1, 0.15) is 17.2 Å². The number of hydrogen-bond acceptors (Lipinski definition) is 7. The monoisotopic (exact) mass is 501 g/mol. The third kappa shape index (κ3) is 5.95. The third-order valence-electron chi connectivity index (χ3n) is 6.49. The van der Waals surface area contributed by atoms with Crippen LogP contribution in [0.15, 0.2) is 97.2 Å². The molecule has 2 heterocycles. The van der Waals surface area contributed by atoms with Gasteiger partial charge in [-0.15, -0.1) is 5.10 Å². The Labute approximate surface area is 216 Å². The van der Waals surface area contributed by atoms with Crippen LogP contribution in [0.3, 0.4) is 0 Å². The molecular weight excluding hydrogens is 470 g/mol. The van der Waals surface area contributed by atoms with Crippen molar-refractivity contribution in [2.45, 2.75) is 43.9 Å². The van der Waals surface area contributed by atoms with Gasteiger partial charge in [0, 0.05) is 12.7 Å². The molecule has 0 aliphatic carbocycles. The van der Waals surface area contributed by atoms with Gasteiger partial charge in [0.1, 0.15) is 30.0 Å². The van der Waals surface area contributed by atoms with Gasteiger partial charge in [0.15, 0.2) is 6.29 Å². The Morgan fingerprint density at radius 3 is 1.95 bits per heavy atom. The minimum Gasteiger partial charge on any atom is -0.394 e. The Balaban J connectivity index is 1.47. The smallest absolute Gasteiger partial charge is 0.186 e. The van der Waals surface area contributed by atoms with E-state index in [1.807, 2.05) is 97.2 Å². The molecule has 192 valence electrons. The molecular formula is C29H31N3O5. The van der Waals surface area contributed by atoms with Gasteiger partial charge in [-0.05, 0) is 11.1 Å². The lowest BCUT2D eigenvalue weighted by atomic mass is 9.95. The summed E-state index contributed by atoms with van der Waals surface area (Å²) in [6.45, 7) is 0.451. The molecule has 1 saturated heterocycles. The molecule has 3 aromatic carbocycles. The first-order valence-corrected chi connectivity index (χ1v) is 12.3. The van der Waals surface area contributed by atoms with Crippen LogP contribution in [-0.2, 0) is 32.2 Å². The standard InChI is InChI=1S/C29H31N3O5/c1-34-29-28(36-20-22-13-7-3-8-14-22)27(35-19-21-11-5-2-6-12-21)26(25(18-33)37-29)32-17-24(30-31-32)23-15-9-4-10-16-23/h2-17,25-29,33H,18-20H2,1H3/t25-,26+,27+,28-,29+/m1/s1. The number of rotatable bonds is 10. The summed E-state index contributed by atoms with van der Waals surface area (Å²) in [5.74, 6) is 0. The maximum Gasteiger partial charge on any atom is 0.186 e. The van der Waals surface area contributed by atoms with Gasteiger partial charge in [0.2, 0.25) is 0 Å². The molecule has 0 spiro atoms. The lowest BCUT2D eigenvalue weighted by molar-refractivity contribution is -0.300. The number of hydrogen-bond donors (Lipinski definition) is 1. The molecule has 0 amide bonds. The second-order valence-electron chi connectivity index (χ2n) is 8.92. The molecule has 37 heavy (non-hydrogen) atoms. The van der Waals surface area contributed by atoms with Gasteiger partial charge in [-0.3, -0.25) is 0 Å². The molecule has 8 nitrogen and oxygen atoms in total. The summed E-state index contributed by atoms with van der Waals surface area (Å²) < 4.78 is 26.5. The zero-order chi connectivity index (χ0) is 25.5. The molecule has 8 heteroatoms. The Morgan fingerprint density at radius 1 is 0.811 bits per heavy atom. The second-order valence-corrected chi connectivity index (χ2v) is 8.92. The topological polar surface area (TPSA) is 87.9 Å². The lowest BCUT2D eigenvalue weighted by Gasteiger charge is -2.45. The van der Waals surface area contributed by atoms with E-state index in [0.29, 0.717) is 13.2 Å². The molecule has 0 bridgehead atoms. The molecule has 0 unspecified atom stereocenters. The van der Waals surface area contributed by atoms with Crippen molar-refractivity contribution in [3.05, 3.63) is 108 Å². The van der Waals surface area contributed by atoms with E-state index >= 15 is 0 Å². The van der Waals surface area contributed by atoms with E-state index in [0.717, 1.165) is 22.4 Å². The van der Waals surface area contributed by atoms with Gasteiger partial charge in [-0.2, -0.15) is 0 Å². The molecule has 5 rings (SSSR count). The average molecular weight is 502 g/mol. The van der Waals surface area contributed by atoms with Crippen molar-refractivity contribution in [1.29, 1.82) is 0 Å². The Morgan fingerprint density at radius 2 is 1.38 bits per heavy atom. The maximum absolute atomic E-state index is 10.3. The van der Waals surface area contributed by atoms with E-state index in [1.54, 1.807) is 11.8 Å². The number of aromatic nitrogens is 3. The number of methoxy groups -OCH3 is 1. The van der Waals surface area contributed by atoms with Crippen LogP contribution >= 0.6 is 0 Å². The van der Waals surface area contributed by atoms with Gasteiger partial charge in [-0.25, -0.2) is 4.68 Å². The zero-order valence-electron chi connectivity index (χ0n) is 20.7. The Hall–Kier alpha value is -3.40. The van der Waals surface area contributed by atoms with E-state index < -0.39 is 30.6 Å². The minimum absolute atomic E-state index is 0.248. The molecule has 1 aliphatic heterocycles. The highest BCUT2D eigenvalue weighted by Gasteiger charge is 2.49. The third-order valence-corrected chi connectivity index (χ3v) is 6.49. The molecule has 1 N–H and O–H groups in total. The zero-order valence-corrected chi connectivity index (χ0v) is 20.7. The number of benzene rings is 3. The predicted molar refractivity (Wildman–Crippen MR) is 137 cm³/mol. The van der Waals surface area contributed by atoms with Gasteiger partial charge >= 0.3 is 0 Å². The maximum atomic E-state index is 10.3. The number of aliphatic hydroxyl groups excluding tert-OH is 1. The van der Waals surface area contributed by atoms with E-state index in [-0.39, 0.29) is 6.61 Å². The van der Waals surface area contributed by atoms with Crippen molar-refractivity contribution in [1.82, 2.24) is 15.0 Å². The molecule has 1 fully saturated rings. The van der Waals surface area contributed by atoms with Crippen molar-refractivity contribution in [2.24, 2.45) is 0 Å². The Bertz CT molecular complexity index is 1220. The molecule has 1 aliphatic rings. The quantitative estimate of drug-likeness (QED) is 0.351. The summed E-state index contributed by atoms with van der Waals surface area (Å²) in [5.41, 5.74) is 3.70. The van der Waals surface area contributed by atoms with Crippen LogP contribution in [0.4, 0.5) is 0 Å². The van der Waals surface area contributed by atoms with Gasteiger partial charge in [-0.1, -0.05) is 96.2 Å². The van der Waals surface area contributed by atoms with Gasteiger partial charge < -0.3 is 24.1 Å². The lowest BCUT2D eigenvalue weighted by Crippen LogP contribution is -2.58. The van der Waals surface area contributed by atoms with Crippen LogP contribution in [-0.4, -0.2) is 58.4 Å². The number of nitrogens with zero attached hydrogens (tertiary/aromatic N) is 3. The first kappa shape index (κ1) is 25.3. The summed E-state index contributed by atoms with van der Waals surface area (Å²) in [5, 5.41) is 19.1. The summed E-state index contributed by atoms with van der Waals surface area (Å²) in [6.07, 6.45) is -0.675. The van der Waals surface area contributed by atoms with Crippen molar-refractivity contribution in [3.63, 3.8) is 0 Å². The van der Waals surface area contributed by atoms with Crippen LogP contribution in [0.2, 0.25) is 0 Å². The van der Waals surface area contributed by atoms with Crippen LogP contribution < -0.4 is 0 Å². The predicted octanol–water partition coefficient (Wildman–Crippen LogP) is 4.02. The van der Waals surface area contributed by atoms with E-state index in [2.05, 4.69) is 10.3 Å². The normalized spacial score (nSPS) is 23.7. The average Bonchev–Trinajstić information content (AvgIpc) is 3.46. The van der Waals surface area contributed by atoms with Crippen LogP contribution in [0.5, 0.6) is 0 Å². The first-order chi connectivity index (χ1) is 18.3. The number of aliphatic hydroxyl groups is 1. The summed E-state index contributed by atoms with van der Waals surface area (Å²) in [4.78, 5) is 0. The SMILES string of the molecule is CO[C@H]1O[C@H](CO)[C@H](n2cc(-c3ccccc3)nn2)[C@H](OCc2ccccc2)[C@H]1OCc1ccccc1. The largest absolute Gasteiger partial charge is 0.394 e. The number of ether oxygens (including phenoxy) is 4. The van der Waals surface area contributed by atoms with Crippen molar-refractivity contribution < 1.29 is 24.1 Å². The fourth-order valence-electron chi connectivity index (χ4n) is 4.62. The summed E-state index contributed by atoms with van der Waals surface area (Å²) in [6, 6.07) is 29.2. The van der Waals surface area contributed by atoms with E-state index in [4.69, 9.17) is 18.9 Å². The molecule has 0 radical (unpaired) electrons. The molecule has 5 atom stereocenters. The minimum atomic E-state index is -0.741. The summed E-state index contributed by atoms with van der Waals surface area (Å²) >= 11 is 0. The second kappa shape index (κ2) is 12.2. The molecule has 0 saturated carbocycles. The molecule has 4 aromatic rings. The van der Waals surface area contributed by atoms with Gasteiger partial charge in [0.25, 0.3) is 0 Å². The first-order valence-electron chi connectivity index (χ1n) is 12.3. The fraction of sp³-hybridized carbons (Fsp3) is 0.310. The fourth-order valence-corrected chi connectivity index (χ4v) is 4.62. The highest BCUT2D eigenvalue weighted by Crippen LogP contribution is 2.35. The Kier molecular flexibility index (Phi) is 8.35. The van der Waals surface area contributed by atoms with Crippen LogP contribution in [0, 0.1) is 0 Å². The summed E-state index contributed by atoms with van der Waals surface area (Å²) in [7, 11) is 1.57. The highest BCUT2D eigenvalue weighted by atomic mass is 16.7. The molecule has 1 aromatic heterocycles.